The Labute approximate surface area is 93.9 Å². The summed E-state index contributed by atoms with van der Waals surface area (Å²) >= 11 is 0. The van der Waals surface area contributed by atoms with E-state index >= 15 is 0 Å². The molecule has 2 aromatic carbocycles. The van der Waals surface area contributed by atoms with Crippen LogP contribution in [0.15, 0.2) is 48.5 Å². The number of hydrogen-bond acceptors (Lipinski definition) is 2. The lowest BCUT2D eigenvalue weighted by Crippen LogP contribution is -2.00. The molecule has 82 valence electrons. The first kappa shape index (κ1) is 10.5. The summed E-state index contributed by atoms with van der Waals surface area (Å²) in [5, 5.41) is 3.13. The number of nitrogens with two attached hydrogens (primary N) is 1. The van der Waals surface area contributed by atoms with E-state index in [2.05, 4.69) is 5.32 Å². The number of benzene rings is 2. The molecule has 0 aliphatic heterocycles. The van der Waals surface area contributed by atoms with Crippen LogP contribution < -0.4 is 11.1 Å². The van der Waals surface area contributed by atoms with E-state index in [1.54, 1.807) is 6.07 Å². The van der Waals surface area contributed by atoms with Crippen molar-refractivity contribution in [2.45, 2.75) is 6.54 Å². The quantitative estimate of drug-likeness (QED) is 0.774. The molecule has 0 atom stereocenters. The van der Waals surface area contributed by atoms with Gasteiger partial charge in [0.25, 0.3) is 0 Å². The number of anilines is 2. The highest BCUT2D eigenvalue weighted by Gasteiger charge is 1.96. The van der Waals surface area contributed by atoms with Crippen molar-refractivity contribution in [1.82, 2.24) is 0 Å². The standard InChI is InChI=1S/C13H13FN2/c14-11-4-2-6-13(8-11)16-9-10-3-1-5-12(15)7-10/h1-8,16H,9,15H2. The summed E-state index contributed by atoms with van der Waals surface area (Å²) < 4.78 is 12.9. The molecule has 0 amide bonds. The molecule has 0 aromatic heterocycles. The molecular weight excluding hydrogens is 203 g/mol. The lowest BCUT2D eigenvalue weighted by molar-refractivity contribution is 0.628. The van der Waals surface area contributed by atoms with Gasteiger partial charge in [0.05, 0.1) is 0 Å². The van der Waals surface area contributed by atoms with Gasteiger partial charge in [-0.3, -0.25) is 0 Å². The molecule has 0 heterocycles. The number of hydrogen-bond donors (Lipinski definition) is 2. The Morgan fingerprint density at radius 1 is 1.06 bits per heavy atom. The van der Waals surface area contributed by atoms with E-state index in [9.17, 15) is 4.39 Å². The van der Waals surface area contributed by atoms with E-state index in [1.165, 1.54) is 12.1 Å². The van der Waals surface area contributed by atoms with E-state index < -0.39 is 0 Å². The number of rotatable bonds is 3. The average molecular weight is 216 g/mol. The average Bonchev–Trinajstić information content (AvgIpc) is 2.27. The van der Waals surface area contributed by atoms with Crippen molar-refractivity contribution in [3.63, 3.8) is 0 Å². The molecule has 0 spiro atoms. The molecule has 0 bridgehead atoms. The maximum Gasteiger partial charge on any atom is 0.125 e. The van der Waals surface area contributed by atoms with Gasteiger partial charge in [0.1, 0.15) is 5.82 Å². The van der Waals surface area contributed by atoms with Crippen LogP contribution in [0, 0.1) is 5.82 Å². The van der Waals surface area contributed by atoms with Crippen LogP contribution in [0.25, 0.3) is 0 Å². The zero-order chi connectivity index (χ0) is 11.4. The Morgan fingerprint density at radius 3 is 2.62 bits per heavy atom. The van der Waals surface area contributed by atoms with Gasteiger partial charge in [-0.15, -0.1) is 0 Å². The normalized spacial score (nSPS) is 10.1. The first-order valence-electron chi connectivity index (χ1n) is 5.08. The Hall–Kier alpha value is -2.03. The zero-order valence-corrected chi connectivity index (χ0v) is 8.78. The van der Waals surface area contributed by atoms with Crippen molar-refractivity contribution in [1.29, 1.82) is 0 Å². The predicted molar refractivity (Wildman–Crippen MR) is 64.6 cm³/mol. The summed E-state index contributed by atoms with van der Waals surface area (Å²) in [6.07, 6.45) is 0. The minimum atomic E-state index is -0.238. The third kappa shape index (κ3) is 2.73. The molecule has 0 radical (unpaired) electrons. The predicted octanol–water partition coefficient (Wildman–Crippen LogP) is 3.02. The lowest BCUT2D eigenvalue weighted by atomic mass is 10.2. The molecule has 0 saturated heterocycles. The second-order valence-electron chi connectivity index (χ2n) is 3.61. The molecule has 0 saturated carbocycles. The van der Waals surface area contributed by atoms with Gasteiger partial charge in [-0.2, -0.15) is 0 Å². The zero-order valence-electron chi connectivity index (χ0n) is 8.78. The minimum absolute atomic E-state index is 0.238. The monoisotopic (exact) mass is 216 g/mol. The highest BCUT2D eigenvalue weighted by Crippen LogP contribution is 2.12. The van der Waals surface area contributed by atoms with Gasteiger partial charge in [0, 0.05) is 17.9 Å². The van der Waals surface area contributed by atoms with Crippen LogP contribution in [0.2, 0.25) is 0 Å². The van der Waals surface area contributed by atoms with Crippen molar-refractivity contribution >= 4 is 11.4 Å². The third-order valence-corrected chi connectivity index (χ3v) is 2.27. The molecule has 0 aliphatic carbocycles. The van der Waals surface area contributed by atoms with E-state index in [-0.39, 0.29) is 5.82 Å². The molecule has 16 heavy (non-hydrogen) atoms. The van der Waals surface area contributed by atoms with E-state index in [0.717, 1.165) is 16.9 Å². The molecule has 2 rings (SSSR count). The highest BCUT2D eigenvalue weighted by atomic mass is 19.1. The van der Waals surface area contributed by atoms with Crippen molar-refractivity contribution in [2.75, 3.05) is 11.1 Å². The highest BCUT2D eigenvalue weighted by molar-refractivity contribution is 5.46. The smallest absolute Gasteiger partial charge is 0.125 e. The summed E-state index contributed by atoms with van der Waals surface area (Å²) in [7, 11) is 0. The van der Waals surface area contributed by atoms with Crippen LogP contribution in [0.5, 0.6) is 0 Å². The molecular formula is C13H13FN2. The second-order valence-corrected chi connectivity index (χ2v) is 3.61. The molecule has 0 fully saturated rings. The Bertz CT molecular complexity index is 437. The van der Waals surface area contributed by atoms with Gasteiger partial charge >= 0.3 is 0 Å². The number of nitrogens with one attached hydrogen (secondary N) is 1. The maximum absolute atomic E-state index is 12.9. The number of halogens is 1. The fraction of sp³-hybridized carbons (Fsp3) is 0.0769. The van der Waals surface area contributed by atoms with Crippen molar-refractivity contribution in [2.24, 2.45) is 0 Å². The van der Waals surface area contributed by atoms with Gasteiger partial charge in [-0.25, -0.2) is 4.39 Å². The molecule has 0 unspecified atom stereocenters. The van der Waals surface area contributed by atoms with Crippen molar-refractivity contribution in [3.05, 3.63) is 59.9 Å². The molecule has 2 nitrogen and oxygen atoms in total. The van der Waals surface area contributed by atoms with Gasteiger partial charge in [-0.05, 0) is 35.9 Å². The summed E-state index contributed by atoms with van der Waals surface area (Å²) in [6, 6.07) is 14.0. The summed E-state index contributed by atoms with van der Waals surface area (Å²) in [5.74, 6) is -0.238. The Morgan fingerprint density at radius 2 is 1.88 bits per heavy atom. The second kappa shape index (κ2) is 4.66. The van der Waals surface area contributed by atoms with Crippen LogP contribution in [0.1, 0.15) is 5.56 Å². The summed E-state index contributed by atoms with van der Waals surface area (Å²) in [4.78, 5) is 0. The van der Waals surface area contributed by atoms with Crippen LogP contribution in [0.3, 0.4) is 0 Å². The molecule has 3 heteroatoms. The Balaban J connectivity index is 2.02. The fourth-order valence-electron chi connectivity index (χ4n) is 1.51. The van der Waals surface area contributed by atoms with Gasteiger partial charge in [-0.1, -0.05) is 18.2 Å². The van der Waals surface area contributed by atoms with Crippen LogP contribution in [0.4, 0.5) is 15.8 Å². The van der Waals surface area contributed by atoms with E-state index in [4.69, 9.17) is 5.73 Å². The first-order chi connectivity index (χ1) is 7.74. The van der Waals surface area contributed by atoms with Crippen LogP contribution in [-0.4, -0.2) is 0 Å². The Kier molecular flexibility index (Phi) is 3.05. The first-order valence-corrected chi connectivity index (χ1v) is 5.08. The van der Waals surface area contributed by atoms with E-state index in [0.29, 0.717) is 6.54 Å². The van der Waals surface area contributed by atoms with Gasteiger partial charge < -0.3 is 11.1 Å². The number of nitrogen functional groups attached to an aromatic ring is 1. The lowest BCUT2D eigenvalue weighted by Gasteiger charge is -2.06. The van der Waals surface area contributed by atoms with Crippen molar-refractivity contribution in [3.8, 4) is 0 Å². The molecule has 0 aliphatic rings. The van der Waals surface area contributed by atoms with Crippen LogP contribution in [-0.2, 0) is 6.54 Å². The molecule has 3 N–H and O–H groups in total. The SMILES string of the molecule is Nc1cccc(CNc2cccc(F)c2)c1. The molecule has 2 aromatic rings. The summed E-state index contributed by atoms with van der Waals surface area (Å²) in [6.45, 7) is 0.633. The van der Waals surface area contributed by atoms with E-state index in [1.807, 2.05) is 30.3 Å². The fourth-order valence-corrected chi connectivity index (χ4v) is 1.51. The third-order valence-electron chi connectivity index (χ3n) is 2.27. The largest absolute Gasteiger partial charge is 0.399 e. The maximum atomic E-state index is 12.9. The summed E-state index contributed by atoms with van der Waals surface area (Å²) in [5.41, 5.74) is 8.24. The van der Waals surface area contributed by atoms with Gasteiger partial charge in [0.2, 0.25) is 0 Å². The van der Waals surface area contributed by atoms with Gasteiger partial charge in [0.15, 0.2) is 0 Å². The van der Waals surface area contributed by atoms with Crippen molar-refractivity contribution < 1.29 is 4.39 Å². The van der Waals surface area contributed by atoms with Crippen LogP contribution >= 0.6 is 0 Å². The minimum Gasteiger partial charge on any atom is -0.399 e. The topological polar surface area (TPSA) is 38.0 Å².